The predicted molar refractivity (Wildman–Crippen MR) is 110 cm³/mol. The molecule has 3 aromatic rings. The first-order valence-electron chi connectivity index (χ1n) is 8.75. The Morgan fingerprint density at radius 1 is 1.36 bits per heavy atom. The molecule has 0 aliphatic rings. The molecule has 1 atom stereocenters. The third-order valence-corrected chi connectivity index (χ3v) is 6.66. The van der Waals surface area contributed by atoms with Gasteiger partial charge in [-0.05, 0) is 30.9 Å². The van der Waals surface area contributed by atoms with Gasteiger partial charge in [0.1, 0.15) is 4.83 Å². The summed E-state index contributed by atoms with van der Waals surface area (Å²) in [5.41, 5.74) is 0.802. The average Bonchev–Trinajstić information content (AvgIpc) is 3.30. The van der Waals surface area contributed by atoms with Crippen molar-refractivity contribution in [2.24, 2.45) is 0 Å². The van der Waals surface area contributed by atoms with Gasteiger partial charge in [-0.25, -0.2) is 4.98 Å². The normalized spacial score (nSPS) is 12.1. The zero-order valence-corrected chi connectivity index (χ0v) is 17.5. The van der Waals surface area contributed by atoms with Crippen LogP contribution in [0, 0.1) is 13.8 Å². The Balaban J connectivity index is 1.70. The highest BCUT2D eigenvalue weighted by Gasteiger charge is 2.20. The van der Waals surface area contributed by atoms with E-state index in [4.69, 9.17) is 4.74 Å². The number of aryl methyl sites for hydroxylation is 3. The maximum Gasteiger partial charge on any atom is 0.307 e. The Hall–Kier alpha value is -2.52. The van der Waals surface area contributed by atoms with Crippen LogP contribution >= 0.6 is 22.7 Å². The Morgan fingerprint density at radius 2 is 2.14 bits per heavy atom. The van der Waals surface area contributed by atoms with Gasteiger partial charge >= 0.3 is 5.97 Å². The van der Waals surface area contributed by atoms with Gasteiger partial charge in [-0.2, -0.15) is 0 Å². The molecule has 0 bridgehead atoms. The molecule has 1 N–H and O–H groups in total. The molecular weight excluding hydrogens is 398 g/mol. The number of nitrogens with one attached hydrogen (secondary N) is 1. The zero-order chi connectivity index (χ0) is 20.3. The summed E-state index contributed by atoms with van der Waals surface area (Å²) in [7, 11) is 1.32. The smallest absolute Gasteiger partial charge is 0.307 e. The summed E-state index contributed by atoms with van der Waals surface area (Å²) < 4.78 is 6.18. The number of thiophene rings is 2. The number of amides is 1. The molecule has 0 aliphatic carbocycles. The van der Waals surface area contributed by atoms with Gasteiger partial charge in [-0.3, -0.25) is 19.0 Å². The number of aromatic nitrogens is 2. The Labute approximate surface area is 170 Å². The van der Waals surface area contributed by atoms with Gasteiger partial charge in [0.25, 0.3) is 5.56 Å². The first-order chi connectivity index (χ1) is 13.4. The molecule has 1 amide bonds. The van der Waals surface area contributed by atoms with Gasteiger partial charge in [0.15, 0.2) is 0 Å². The van der Waals surface area contributed by atoms with Crippen molar-refractivity contribution in [2.75, 3.05) is 7.11 Å². The van der Waals surface area contributed by atoms with E-state index >= 15 is 0 Å². The maximum absolute atomic E-state index is 12.7. The van der Waals surface area contributed by atoms with Crippen LogP contribution in [0.4, 0.5) is 0 Å². The quantitative estimate of drug-likeness (QED) is 0.595. The molecule has 3 rings (SSSR count). The zero-order valence-electron chi connectivity index (χ0n) is 15.9. The van der Waals surface area contributed by atoms with Gasteiger partial charge in [0.05, 0.1) is 31.3 Å². The summed E-state index contributed by atoms with van der Waals surface area (Å²) in [5.74, 6) is -0.639. The first kappa shape index (κ1) is 20.2. The van der Waals surface area contributed by atoms with Crippen LogP contribution in [-0.4, -0.2) is 28.5 Å². The number of fused-ring (bicyclic) bond motifs is 1. The van der Waals surface area contributed by atoms with E-state index in [1.165, 1.54) is 40.7 Å². The maximum atomic E-state index is 12.7. The molecule has 7 nitrogen and oxygen atoms in total. The Morgan fingerprint density at radius 3 is 2.82 bits per heavy atom. The molecule has 3 aromatic heterocycles. The van der Waals surface area contributed by atoms with Crippen LogP contribution in [0.2, 0.25) is 0 Å². The number of hydrogen-bond donors (Lipinski definition) is 1. The number of methoxy groups -OCH3 is 1. The second-order valence-corrected chi connectivity index (χ2v) is 8.55. The summed E-state index contributed by atoms with van der Waals surface area (Å²) in [6, 6.07) is 3.28. The number of esters is 1. The van der Waals surface area contributed by atoms with Crippen molar-refractivity contribution in [3.05, 3.63) is 49.5 Å². The van der Waals surface area contributed by atoms with Gasteiger partial charge in [0, 0.05) is 22.7 Å². The van der Waals surface area contributed by atoms with Gasteiger partial charge < -0.3 is 10.1 Å². The van der Waals surface area contributed by atoms with Crippen LogP contribution in [0.1, 0.15) is 34.2 Å². The highest BCUT2D eigenvalue weighted by Crippen LogP contribution is 2.25. The number of hydrogen-bond acceptors (Lipinski definition) is 7. The van der Waals surface area contributed by atoms with Crippen LogP contribution < -0.4 is 10.9 Å². The van der Waals surface area contributed by atoms with Crippen molar-refractivity contribution in [3.63, 3.8) is 0 Å². The van der Waals surface area contributed by atoms with E-state index in [0.717, 1.165) is 20.1 Å². The number of rotatable bonds is 7. The van der Waals surface area contributed by atoms with E-state index in [-0.39, 0.29) is 30.9 Å². The minimum absolute atomic E-state index is 0.0591. The minimum Gasteiger partial charge on any atom is -0.469 e. The van der Waals surface area contributed by atoms with E-state index in [0.29, 0.717) is 5.39 Å². The molecule has 148 valence electrons. The monoisotopic (exact) mass is 419 g/mol. The third kappa shape index (κ3) is 4.31. The molecule has 0 fully saturated rings. The van der Waals surface area contributed by atoms with E-state index in [1.807, 2.05) is 31.4 Å². The van der Waals surface area contributed by atoms with Crippen LogP contribution in [-0.2, 0) is 20.9 Å². The molecular formula is C19H21N3O4S2. The SMILES string of the molecule is COC(=O)CC(NC(=O)CCn1cnc2sc(C)c(C)c2c1=O)c1cccs1. The summed E-state index contributed by atoms with van der Waals surface area (Å²) in [4.78, 5) is 43.8. The topological polar surface area (TPSA) is 90.3 Å². The highest BCUT2D eigenvalue weighted by molar-refractivity contribution is 7.18. The summed E-state index contributed by atoms with van der Waals surface area (Å²) >= 11 is 2.96. The fourth-order valence-corrected chi connectivity index (χ4v) is 4.65. The van der Waals surface area contributed by atoms with E-state index in [2.05, 4.69) is 10.3 Å². The lowest BCUT2D eigenvalue weighted by molar-refractivity contribution is -0.141. The van der Waals surface area contributed by atoms with Crippen LogP contribution in [0.25, 0.3) is 10.2 Å². The fourth-order valence-electron chi connectivity index (χ4n) is 2.88. The number of nitrogens with zero attached hydrogens (tertiary/aromatic N) is 2. The molecule has 0 spiro atoms. The second kappa shape index (κ2) is 8.66. The standard InChI is InChI=1S/C19H21N3O4S2/c1-11-12(2)28-18-17(11)19(25)22(10-20-18)7-6-15(23)21-13(9-16(24)26-3)14-5-4-8-27-14/h4-5,8,10,13H,6-7,9H2,1-3H3,(H,21,23). The molecule has 1 unspecified atom stereocenters. The summed E-state index contributed by atoms with van der Waals surface area (Å²) in [6.45, 7) is 4.09. The average molecular weight is 420 g/mol. The second-order valence-electron chi connectivity index (χ2n) is 6.37. The molecule has 9 heteroatoms. The van der Waals surface area contributed by atoms with Gasteiger partial charge in [-0.1, -0.05) is 6.07 Å². The highest BCUT2D eigenvalue weighted by atomic mass is 32.1. The Bertz CT molecular complexity index is 1050. The van der Waals surface area contributed by atoms with Crippen molar-refractivity contribution in [1.29, 1.82) is 0 Å². The van der Waals surface area contributed by atoms with Crippen LogP contribution in [0.3, 0.4) is 0 Å². The number of ether oxygens (including phenoxy) is 1. The van der Waals surface area contributed by atoms with Gasteiger partial charge in [-0.15, -0.1) is 22.7 Å². The van der Waals surface area contributed by atoms with Gasteiger partial charge in [0.2, 0.25) is 5.91 Å². The molecule has 0 radical (unpaired) electrons. The molecule has 0 aromatic carbocycles. The number of carbonyl (C=O) groups is 2. The van der Waals surface area contributed by atoms with Crippen LogP contribution in [0.15, 0.2) is 28.6 Å². The lowest BCUT2D eigenvalue weighted by atomic mass is 10.1. The fraction of sp³-hybridized carbons (Fsp3) is 0.368. The van der Waals surface area contributed by atoms with E-state index in [9.17, 15) is 14.4 Å². The molecule has 0 aliphatic heterocycles. The molecule has 28 heavy (non-hydrogen) atoms. The molecule has 0 saturated carbocycles. The van der Waals surface area contributed by atoms with E-state index < -0.39 is 12.0 Å². The Kier molecular flexibility index (Phi) is 6.25. The van der Waals surface area contributed by atoms with Crippen molar-refractivity contribution in [2.45, 2.75) is 39.3 Å². The van der Waals surface area contributed by atoms with Crippen molar-refractivity contribution >= 4 is 44.8 Å². The predicted octanol–water partition coefficient (Wildman–Crippen LogP) is 2.95. The third-order valence-electron chi connectivity index (χ3n) is 4.56. The lowest BCUT2D eigenvalue weighted by Crippen LogP contribution is -2.31. The lowest BCUT2D eigenvalue weighted by Gasteiger charge is -2.16. The number of carbonyl (C=O) groups excluding carboxylic acids is 2. The largest absolute Gasteiger partial charge is 0.469 e. The molecule has 0 saturated heterocycles. The summed E-state index contributed by atoms with van der Waals surface area (Å²) in [5, 5.41) is 5.37. The van der Waals surface area contributed by atoms with Crippen molar-refractivity contribution < 1.29 is 14.3 Å². The minimum atomic E-state index is -0.445. The first-order valence-corrected chi connectivity index (χ1v) is 10.4. The van der Waals surface area contributed by atoms with Crippen molar-refractivity contribution in [3.8, 4) is 0 Å². The van der Waals surface area contributed by atoms with E-state index in [1.54, 1.807) is 0 Å². The van der Waals surface area contributed by atoms with Crippen molar-refractivity contribution in [1.82, 2.24) is 14.9 Å². The molecule has 3 heterocycles. The summed E-state index contributed by atoms with van der Waals surface area (Å²) in [6.07, 6.45) is 1.65. The van der Waals surface area contributed by atoms with Crippen LogP contribution in [0.5, 0.6) is 0 Å².